The molecule has 3 atom stereocenters. The molecule has 112 valence electrons. The van der Waals surface area contributed by atoms with Gasteiger partial charge in [0.15, 0.2) is 14.5 Å². The maximum atomic E-state index is 12.7. The molecule has 0 radical (unpaired) electrons. The van der Waals surface area contributed by atoms with Gasteiger partial charge in [0.2, 0.25) is 6.23 Å². The van der Waals surface area contributed by atoms with E-state index in [0.717, 1.165) is 0 Å². The van der Waals surface area contributed by atoms with E-state index in [0.29, 0.717) is 13.0 Å². The van der Waals surface area contributed by atoms with Gasteiger partial charge < -0.3 is 19.0 Å². The third-order valence-electron chi connectivity index (χ3n) is 4.40. The van der Waals surface area contributed by atoms with Crippen LogP contribution in [0.4, 0.5) is 0 Å². The third kappa shape index (κ3) is 3.37. The highest BCUT2D eigenvalue weighted by Gasteiger charge is 2.49. The molecule has 5 nitrogen and oxygen atoms in total. The van der Waals surface area contributed by atoms with E-state index in [-0.39, 0.29) is 5.04 Å². The first-order valence-corrected chi connectivity index (χ1v) is 9.74. The number of quaternary nitrogens is 1. The molecular formula is C13H27NO4Si. The van der Waals surface area contributed by atoms with Gasteiger partial charge in [-0.15, -0.1) is 0 Å². The van der Waals surface area contributed by atoms with Crippen LogP contribution in [-0.2, 0) is 14.0 Å². The lowest BCUT2D eigenvalue weighted by Gasteiger charge is -2.58. The van der Waals surface area contributed by atoms with Crippen LogP contribution in [0.25, 0.3) is 0 Å². The fourth-order valence-corrected chi connectivity index (χ4v) is 3.32. The van der Waals surface area contributed by atoms with E-state index in [4.69, 9.17) is 9.16 Å². The van der Waals surface area contributed by atoms with Gasteiger partial charge in [-0.3, -0.25) is 4.79 Å². The lowest BCUT2D eigenvalue weighted by atomic mass is 10.1. The second-order valence-corrected chi connectivity index (χ2v) is 11.7. The zero-order valence-electron chi connectivity index (χ0n) is 13.1. The minimum Gasteiger partial charge on any atom is -0.628 e. The van der Waals surface area contributed by atoms with E-state index in [2.05, 4.69) is 33.9 Å². The van der Waals surface area contributed by atoms with Crippen LogP contribution in [-0.4, -0.2) is 37.9 Å². The highest BCUT2D eigenvalue weighted by atomic mass is 28.4. The first-order valence-electron chi connectivity index (χ1n) is 6.83. The molecule has 1 rings (SSSR count). The van der Waals surface area contributed by atoms with Crippen LogP contribution in [0.15, 0.2) is 0 Å². The van der Waals surface area contributed by atoms with Crippen LogP contribution in [0.3, 0.4) is 0 Å². The molecule has 0 spiro atoms. The van der Waals surface area contributed by atoms with Crippen molar-refractivity contribution in [2.45, 2.75) is 71.6 Å². The Hall–Kier alpha value is -0.433. The maximum Gasteiger partial charge on any atom is 0.307 e. The van der Waals surface area contributed by atoms with Gasteiger partial charge in [0.25, 0.3) is 0 Å². The van der Waals surface area contributed by atoms with Crippen LogP contribution < -0.4 is 0 Å². The summed E-state index contributed by atoms with van der Waals surface area (Å²) in [6, 6.07) is 0. The quantitative estimate of drug-likeness (QED) is 0.345. The summed E-state index contributed by atoms with van der Waals surface area (Å²) in [4.78, 5) is 11.0. The number of hydrogen-bond donors (Lipinski definition) is 0. The Morgan fingerprint density at radius 1 is 1.42 bits per heavy atom. The molecular weight excluding hydrogens is 262 g/mol. The Balaban J connectivity index is 2.73. The molecule has 1 saturated heterocycles. The standard InChI is InChI=1S/C13H27NO4Si/c1-10(18-19(6,7)13(3,4)5)14(16)9-8-12(14)17-11(2)15/h10,12H,8-9H2,1-7H3/t10-,12?,14?/m1/s1. The van der Waals surface area contributed by atoms with E-state index in [1.165, 1.54) is 6.92 Å². The average molecular weight is 289 g/mol. The SMILES string of the molecule is CC(=O)OC1CC[N+]1([O-])[C@@H](C)O[Si](C)(C)C(C)(C)C. The first-order chi connectivity index (χ1) is 8.40. The van der Waals surface area contributed by atoms with Gasteiger partial charge in [-0.2, -0.15) is 0 Å². The van der Waals surface area contributed by atoms with Gasteiger partial charge in [0, 0.05) is 13.8 Å². The molecule has 0 saturated carbocycles. The molecule has 0 aromatic heterocycles. The summed E-state index contributed by atoms with van der Waals surface area (Å²) in [7, 11) is -1.99. The molecule has 1 fully saturated rings. The lowest BCUT2D eigenvalue weighted by Crippen LogP contribution is -2.68. The van der Waals surface area contributed by atoms with Crippen molar-refractivity contribution in [1.29, 1.82) is 0 Å². The number of carbonyl (C=O) groups excluding carboxylic acids is 1. The molecule has 1 heterocycles. The van der Waals surface area contributed by atoms with Crippen molar-refractivity contribution in [3.8, 4) is 0 Å². The predicted molar refractivity (Wildman–Crippen MR) is 76.4 cm³/mol. The van der Waals surface area contributed by atoms with Crippen LogP contribution in [0.2, 0.25) is 18.1 Å². The summed E-state index contributed by atoms with van der Waals surface area (Å²) in [6.07, 6.45) is -0.467. The molecule has 0 amide bonds. The maximum absolute atomic E-state index is 12.7. The molecule has 19 heavy (non-hydrogen) atoms. The van der Waals surface area contributed by atoms with E-state index < -0.39 is 31.4 Å². The van der Waals surface area contributed by atoms with E-state index >= 15 is 0 Å². The van der Waals surface area contributed by atoms with E-state index in [9.17, 15) is 10.0 Å². The molecule has 0 aliphatic carbocycles. The Bertz CT molecular complexity index is 353. The van der Waals surface area contributed by atoms with Crippen molar-refractivity contribution in [3.63, 3.8) is 0 Å². The van der Waals surface area contributed by atoms with Gasteiger partial charge in [-0.25, -0.2) is 0 Å². The number of hydrogen-bond acceptors (Lipinski definition) is 4. The van der Waals surface area contributed by atoms with Gasteiger partial charge in [0.05, 0.1) is 13.0 Å². The largest absolute Gasteiger partial charge is 0.628 e. The summed E-state index contributed by atoms with van der Waals surface area (Å²) in [5, 5.41) is 12.7. The fraction of sp³-hybridized carbons (Fsp3) is 0.923. The van der Waals surface area contributed by atoms with Crippen LogP contribution in [0.1, 0.15) is 41.0 Å². The van der Waals surface area contributed by atoms with Crippen LogP contribution in [0.5, 0.6) is 0 Å². The smallest absolute Gasteiger partial charge is 0.307 e. The molecule has 0 aromatic rings. The number of nitrogens with zero attached hydrogens (tertiary/aromatic N) is 1. The number of carbonyl (C=O) groups is 1. The molecule has 0 bridgehead atoms. The molecule has 0 N–H and O–H groups in total. The zero-order chi connectivity index (χ0) is 15.1. The third-order valence-corrected chi connectivity index (χ3v) is 8.94. The number of likely N-dealkylation sites (tertiary alicyclic amines) is 1. The molecule has 2 unspecified atom stereocenters. The first kappa shape index (κ1) is 16.6. The van der Waals surface area contributed by atoms with Crippen molar-refractivity contribution in [2.24, 2.45) is 0 Å². The van der Waals surface area contributed by atoms with Crippen molar-refractivity contribution < 1.29 is 18.6 Å². The average Bonchev–Trinajstić information content (AvgIpc) is 2.20. The lowest BCUT2D eigenvalue weighted by molar-refractivity contribution is -1.00. The Morgan fingerprint density at radius 2 is 1.95 bits per heavy atom. The fourth-order valence-electron chi connectivity index (χ4n) is 1.94. The number of esters is 1. The molecule has 0 aromatic carbocycles. The normalized spacial score (nSPS) is 29.6. The molecule has 1 aliphatic heterocycles. The minimum atomic E-state index is -1.99. The summed E-state index contributed by atoms with van der Waals surface area (Å²) in [5.41, 5.74) is 0. The summed E-state index contributed by atoms with van der Waals surface area (Å²) in [5.74, 6) is -0.400. The second kappa shape index (κ2) is 5.16. The Kier molecular flexibility index (Phi) is 4.51. The second-order valence-electron chi connectivity index (χ2n) is 6.91. The Labute approximate surface area is 117 Å². The van der Waals surface area contributed by atoms with Gasteiger partial charge >= 0.3 is 5.97 Å². The summed E-state index contributed by atoms with van der Waals surface area (Å²) >= 11 is 0. The molecule has 6 heteroatoms. The van der Waals surface area contributed by atoms with Crippen LogP contribution in [0, 0.1) is 5.21 Å². The highest BCUT2D eigenvalue weighted by Crippen LogP contribution is 2.40. The number of hydroxylamine groups is 3. The molecule has 1 aliphatic rings. The predicted octanol–water partition coefficient (Wildman–Crippen LogP) is 2.96. The topological polar surface area (TPSA) is 58.6 Å². The van der Waals surface area contributed by atoms with Crippen molar-refractivity contribution in [1.82, 2.24) is 0 Å². The van der Waals surface area contributed by atoms with E-state index in [1.807, 2.05) is 0 Å². The van der Waals surface area contributed by atoms with Crippen molar-refractivity contribution in [2.75, 3.05) is 6.54 Å². The highest BCUT2D eigenvalue weighted by molar-refractivity contribution is 6.74. The van der Waals surface area contributed by atoms with Gasteiger partial charge in [-0.1, -0.05) is 20.8 Å². The van der Waals surface area contributed by atoms with Gasteiger partial charge in [0.1, 0.15) is 0 Å². The monoisotopic (exact) mass is 289 g/mol. The van der Waals surface area contributed by atoms with Gasteiger partial charge in [-0.05, 0) is 18.1 Å². The zero-order valence-corrected chi connectivity index (χ0v) is 14.1. The van der Waals surface area contributed by atoms with E-state index in [1.54, 1.807) is 6.92 Å². The van der Waals surface area contributed by atoms with Crippen LogP contribution >= 0.6 is 0 Å². The van der Waals surface area contributed by atoms with Crippen molar-refractivity contribution in [3.05, 3.63) is 5.21 Å². The number of ether oxygens (including phenoxy) is 1. The Morgan fingerprint density at radius 3 is 2.26 bits per heavy atom. The minimum absolute atomic E-state index is 0.0578. The summed E-state index contributed by atoms with van der Waals surface area (Å²) in [6.45, 7) is 14.2. The van der Waals surface area contributed by atoms with Crippen molar-refractivity contribution >= 4 is 14.3 Å². The number of rotatable bonds is 4. The summed E-state index contributed by atoms with van der Waals surface area (Å²) < 4.78 is 10.6.